The zero-order valence-corrected chi connectivity index (χ0v) is 7.91. The van der Waals surface area contributed by atoms with Gasteiger partial charge >= 0.3 is 0 Å². The zero-order chi connectivity index (χ0) is 9.84. The van der Waals surface area contributed by atoms with Gasteiger partial charge in [0.05, 0.1) is 12.3 Å². The highest BCUT2D eigenvalue weighted by Crippen LogP contribution is 2.24. The molecule has 0 saturated heterocycles. The molecule has 0 aliphatic carbocycles. The topological polar surface area (TPSA) is 53.4 Å². The van der Waals surface area contributed by atoms with Gasteiger partial charge in [-0.1, -0.05) is 11.6 Å². The van der Waals surface area contributed by atoms with Crippen LogP contribution in [-0.2, 0) is 6.61 Å². The lowest BCUT2D eigenvalue weighted by molar-refractivity contribution is 0.274. The normalized spacial score (nSPS) is 11.0. The Morgan fingerprint density at radius 1 is 1.62 bits per heavy atom. The highest BCUT2D eigenvalue weighted by molar-refractivity contribution is 6.27. The average molecular weight is 200 g/mol. The third-order valence-electron chi connectivity index (χ3n) is 1.77. The van der Waals surface area contributed by atoms with Gasteiger partial charge in [0.25, 0.3) is 0 Å². The van der Waals surface area contributed by atoms with Gasteiger partial charge in [-0.15, -0.1) is 0 Å². The fraction of sp³-hybridized carbons (Fsp3) is 0.222. The van der Waals surface area contributed by atoms with E-state index >= 15 is 0 Å². The summed E-state index contributed by atoms with van der Waals surface area (Å²) < 4.78 is 0. The van der Waals surface area contributed by atoms with E-state index in [-0.39, 0.29) is 12.4 Å². The molecule has 0 saturated carbocycles. The molecule has 1 aromatic rings. The highest BCUT2D eigenvalue weighted by Gasteiger charge is 2.08. The van der Waals surface area contributed by atoms with Crippen molar-refractivity contribution in [3.05, 3.63) is 28.6 Å². The third kappa shape index (κ3) is 1.99. The van der Waals surface area contributed by atoms with Crippen molar-refractivity contribution in [1.29, 1.82) is 0 Å². The Morgan fingerprint density at radius 3 is 2.85 bits per heavy atom. The highest BCUT2D eigenvalue weighted by atomic mass is 35.5. The summed E-state index contributed by atoms with van der Waals surface area (Å²) in [6.07, 6.45) is 3.12. The lowest BCUT2D eigenvalue weighted by atomic mass is 10.1. The number of aliphatic hydroxyl groups is 1. The van der Waals surface area contributed by atoms with Crippen molar-refractivity contribution in [3.8, 4) is 5.75 Å². The van der Waals surface area contributed by atoms with Gasteiger partial charge in [0.15, 0.2) is 0 Å². The summed E-state index contributed by atoms with van der Waals surface area (Å²) in [4.78, 5) is 3.93. The summed E-state index contributed by atoms with van der Waals surface area (Å²) >= 11 is 5.39. The van der Waals surface area contributed by atoms with Crippen LogP contribution in [0.3, 0.4) is 0 Å². The molecule has 13 heavy (non-hydrogen) atoms. The number of aliphatic hydroxyl groups excluding tert-OH is 1. The van der Waals surface area contributed by atoms with Crippen molar-refractivity contribution >= 4 is 17.7 Å². The summed E-state index contributed by atoms with van der Waals surface area (Å²) in [7, 11) is 0. The molecule has 0 fully saturated rings. The Hall–Kier alpha value is -1.06. The van der Waals surface area contributed by atoms with E-state index in [2.05, 4.69) is 4.98 Å². The van der Waals surface area contributed by atoms with Crippen molar-refractivity contribution in [2.24, 2.45) is 0 Å². The van der Waals surface area contributed by atoms with E-state index in [1.165, 1.54) is 5.54 Å². The number of nitrogens with zero attached hydrogens (tertiary/aromatic N) is 1. The second kappa shape index (κ2) is 4.25. The van der Waals surface area contributed by atoms with Crippen LogP contribution in [0.15, 0.2) is 11.7 Å². The summed E-state index contributed by atoms with van der Waals surface area (Å²) in [5.41, 5.74) is 2.88. The molecule has 0 atom stereocenters. The van der Waals surface area contributed by atoms with Gasteiger partial charge in [0, 0.05) is 22.9 Å². The largest absolute Gasteiger partial charge is 0.506 e. The van der Waals surface area contributed by atoms with Crippen molar-refractivity contribution in [1.82, 2.24) is 4.98 Å². The fourth-order valence-electron chi connectivity index (χ4n) is 1.04. The van der Waals surface area contributed by atoms with Crippen LogP contribution < -0.4 is 0 Å². The first kappa shape index (κ1) is 10.0. The number of halogens is 1. The molecular formula is C9H10ClNO2. The van der Waals surface area contributed by atoms with Crippen molar-refractivity contribution in [2.45, 2.75) is 13.5 Å². The zero-order valence-electron chi connectivity index (χ0n) is 7.16. The molecule has 1 rings (SSSR count). The fourth-order valence-corrected chi connectivity index (χ4v) is 1.17. The molecule has 1 aromatic heterocycles. The smallest absolute Gasteiger partial charge is 0.142 e. The van der Waals surface area contributed by atoms with Crippen LogP contribution in [-0.4, -0.2) is 15.2 Å². The summed E-state index contributed by atoms with van der Waals surface area (Å²) in [5.74, 6) is 0.0229. The second-order valence-electron chi connectivity index (χ2n) is 2.58. The number of hydrogen-bond donors (Lipinski definition) is 2. The Bertz CT molecular complexity index is 337. The standard InChI is InChI=1S/C9H10ClNO2/c1-6-9(13)8(5-12)7(2-3-10)4-11-6/h2-4,12-13H,5H2,1H3/b3-2+. The molecule has 0 aliphatic rings. The maximum absolute atomic E-state index is 9.51. The molecule has 4 heteroatoms. The molecule has 1 heterocycles. The van der Waals surface area contributed by atoms with Crippen LogP contribution in [0.25, 0.3) is 6.08 Å². The van der Waals surface area contributed by atoms with Gasteiger partial charge < -0.3 is 10.2 Å². The van der Waals surface area contributed by atoms with Crippen molar-refractivity contribution in [3.63, 3.8) is 0 Å². The first-order valence-corrected chi connectivity index (χ1v) is 4.19. The van der Waals surface area contributed by atoms with Crippen LogP contribution in [0.4, 0.5) is 0 Å². The number of aromatic hydroxyl groups is 1. The number of hydrogen-bond acceptors (Lipinski definition) is 3. The molecule has 0 spiro atoms. The Morgan fingerprint density at radius 2 is 2.31 bits per heavy atom. The van der Waals surface area contributed by atoms with E-state index in [9.17, 15) is 5.11 Å². The second-order valence-corrected chi connectivity index (χ2v) is 2.83. The van der Waals surface area contributed by atoms with Crippen LogP contribution in [0, 0.1) is 6.92 Å². The van der Waals surface area contributed by atoms with Gasteiger partial charge in [0.1, 0.15) is 5.75 Å². The minimum absolute atomic E-state index is 0.0229. The first-order valence-electron chi connectivity index (χ1n) is 3.75. The third-order valence-corrected chi connectivity index (χ3v) is 1.90. The van der Waals surface area contributed by atoms with E-state index in [0.717, 1.165) is 0 Å². The molecular weight excluding hydrogens is 190 g/mol. The van der Waals surface area contributed by atoms with Crippen LogP contribution in [0.1, 0.15) is 16.8 Å². The van der Waals surface area contributed by atoms with Gasteiger partial charge in [-0.25, -0.2) is 0 Å². The summed E-state index contributed by atoms with van der Waals surface area (Å²) in [6.45, 7) is 1.44. The minimum Gasteiger partial charge on any atom is -0.506 e. The van der Waals surface area contributed by atoms with E-state index in [0.29, 0.717) is 16.8 Å². The average Bonchev–Trinajstić information content (AvgIpc) is 2.12. The maximum Gasteiger partial charge on any atom is 0.142 e. The van der Waals surface area contributed by atoms with Gasteiger partial charge in [-0.05, 0) is 13.0 Å². The van der Waals surface area contributed by atoms with Gasteiger partial charge in [-0.2, -0.15) is 0 Å². The molecule has 2 N–H and O–H groups in total. The van der Waals surface area contributed by atoms with Crippen LogP contribution in [0.5, 0.6) is 5.75 Å². The van der Waals surface area contributed by atoms with Crippen LogP contribution >= 0.6 is 11.6 Å². The van der Waals surface area contributed by atoms with Gasteiger partial charge in [0.2, 0.25) is 0 Å². The van der Waals surface area contributed by atoms with Gasteiger partial charge in [-0.3, -0.25) is 4.98 Å². The van der Waals surface area contributed by atoms with Crippen molar-refractivity contribution in [2.75, 3.05) is 0 Å². The Labute approximate surface area is 81.3 Å². The molecule has 70 valence electrons. The quantitative estimate of drug-likeness (QED) is 0.764. The number of pyridine rings is 1. The number of aryl methyl sites for hydroxylation is 1. The van der Waals surface area contributed by atoms with E-state index in [1.807, 2.05) is 0 Å². The summed E-state index contributed by atoms with van der Waals surface area (Å²) in [5, 5.41) is 18.5. The Kier molecular flexibility index (Phi) is 3.28. The molecule has 0 aliphatic heterocycles. The molecule has 0 aromatic carbocycles. The van der Waals surface area contributed by atoms with E-state index in [4.69, 9.17) is 16.7 Å². The van der Waals surface area contributed by atoms with E-state index in [1.54, 1.807) is 19.2 Å². The lowest BCUT2D eigenvalue weighted by Gasteiger charge is -2.06. The molecule has 0 unspecified atom stereocenters. The first-order chi connectivity index (χ1) is 6.20. The molecule has 0 bridgehead atoms. The van der Waals surface area contributed by atoms with Crippen LogP contribution in [0.2, 0.25) is 0 Å². The molecule has 3 nitrogen and oxygen atoms in total. The summed E-state index contributed by atoms with van der Waals surface area (Å²) in [6, 6.07) is 0. The monoisotopic (exact) mass is 199 g/mol. The predicted molar refractivity (Wildman–Crippen MR) is 51.4 cm³/mol. The number of aromatic nitrogens is 1. The number of rotatable bonds is 2. The minimum atomic E-state index is -0.230. The maximum atomic E-state index is 9.51. The lowest BCUT2D eigenvalue weighted by Crippen LogP contribution is -1.94. The SMILES string of the molecule is Cc1ncc(/C=C/Cl)c(CO)c1O. The molecule has 0 radical (unpaired) electrons. The Balaban J connectivity index is 3.29. The molecule has 0 amide bonds. The van der Waals surface area contributed by atoms with Crippen molar-refractivity contribution < 1.29 is 10.2 Å². The predicted octanol–water partition coefficient (Wildman–Crippen LogP) is 1.80. The van der Waals surface area contributed by atoms with E-state index < -0.39 is 0 Å².